The third-order valence-corrected chi connectivity index (χ3v) is 3.00. The second-order valence-electron chi connectivity index (χ2n) is 4.53. The normalized spacial score (nSPS) is 11.4. The van der Waals surface area contributed by atoms with E-state index in [2.05, 4.69) is 0 Å². The molecule has 2 aromatic rings. The molecular weight excluding hydrogens is 216 g/mol. The summed E-state index contributed by atoms with van der Waals surface area (Å²) in [7, 11) is 1.70. The summed E-state index contributed by atoms with van der Waals surface area (Å²) < 4.78 is 3.26. The fourth-order valence-corrected chi connectivity index (χ4v) is 2.22. The predicted octanol–water partition coefficient (Wildman–Crippen LogP) is 2.12. The summed E-state index contributed by atoms with van der Waals surface area (Å²) in [6, 6.07) is 5.53. The number of aromatic nitrogens is 2. The number of ketones is 1. The largest absolute Gasteiger partial charge is 0.329 e. The number of Topliss-reactive ketones (excluding diaryl/α,β-unsaturated/α-hetero) is 1. The first kappa shape index (κ1) is 11.6. The Balaban J connectivity index is 3.00. The number of fused-ring (bicyclic) bond motifs is 1. The molecule has 0 amide bonds. The molecule has 17 heavy (non-hydrogen) atoms. The summed E-state index contributed by atoms with van der Waals surface area (Å²) in [6.07, 6.45) is 0. The van der Waals surface area contributed by atoms with Crippen molar-refractivity contribution in [3.8, 4) is 0 Å². The monoisotopic (exact) mass is 232 g/mol. The molecule has 0 aliphatic carbocycles. The predicted molar refractivity (Wildman–Crippen MR) is 67.6 cm³/mol. The van der Waals surface area contributed by atoms with E-state index in [-0.39, 0.29) is 17.5 Å². The van der Waals surface area contributed by atoms with Crippen molar-refractivity contribution < 1.29 is 4.79 Å². The Labute approximate surface area is 99.5 Å². The molecule has 1 heterocycles. The van der Waals surface area contributed by atoms with Gasteiger partial charge in [-0.25, -0.2) is 4.79 Å². The molecule has 1 aromatic heterocycles. The van der Waals surface area contributed by atoms with Crippen LogP contribution in [0.25, 0.3) is 11.0 Å². The van der Waals surface area contributed by atoms with E-state index in [1.165, 1.54) is 6.92 Å². The minimum atomic E-state index is -0.0799. The van der Waals surface area contributed by atoms with E-state index < -0.39 is 0 Å². The maximum absolute atomic E-state index is 12.1. The van der Waals surface area contributed by atoms with Gasteiger partial charge < -0.3 is 0 Å². The van der Waals surface area contributed by atoms with Gasteiger partial charge in [0, 0.05) is 18.7 Å². The number of hydrogen-bond donors (Lipinski definition) is 0. The summed E-state index contributed by atoms with van der Waals surface area (Å²) in [4.78, 5) is 23.7. The number of carbonyl (C=O) groups excluding carboxylic acids is 1. The Bertz CT molecular complexity index is 647. The van der Waals surface area contributed by atoms with E-state index >= 15 is 0 Å². The molecule has 4 heteroatoms. The molecule has 2 rings (SSSR count). The van der Waals surface area contributed by atoms with Gasteiger partial charge in [0.1, 0.15) is 0 Å². The fourth-order valence-electron chi connectivity index (χ4n) is 2.22. The second-order valence-corrected chi connectivity index (χ2v) is 4.53. The first-order valence-electron chi connectivity index (χ1n) is 5.66. The highest BCUT2D eigenvalue weighted by molar-refractivity contribution is 6.05. The van der Waals surface area contributed by atoms with E-state index in [1.54, 1.807) is 22.2 Å². The van der Waals surface area contributed by atoms with Crippen molar-refractivity contribution in [2.75, 3.05) is 0 Å². The van der Waals surface area contributed by atoms with Crippen LogP contribution in [0, 0.1) is 0 Å². The van der Waals surface area contributed by atoms with Crippen molar-refractivity contribution in [1.82, 2.24) is 9.13 Å². The number of para-hydroxylation sites is 1. The smallest absolute Gasteiger partial charge is 0.294 e. The van der Waals surface area contributed by atoms with Crippen molar-refractivity contribution in [2.24, 2.45) is 7.05 Å². The average molecular weight is 232 g/mol. The topological polar surface area (TPSA) is 44.0 Å². The van der Waals surface area contributed by atoms with Gasteiger partial charge in [0.25, 0.3) is 0 Å². The summed E-state index contributed by atoms with van der Waals surface area (Å²) in [5, 5.41) is 0. The first-order chi connectivity index (χ1) is 7.95. The van der Waals surface area contributed by atoms with Crippen LogP contribution >= 0.6 is 0 Å². The van der Waals surface area contributed by atoms with Crippen LogP contribution in [0.3, 0.4) is 0 Å². The minimum absolute atomic E-state index is 0.0212. The number of carbonyl (C=O) groups is 1. The molecule has 0 spiro atoms. The molecule has 0 aliphatic heterocycles. The molecule has 0 saturated heterocycles. The zero-order valence-electron chi connectivity index (χ0n) is 10.5. The molecule has 0 saturated carbocycles. The third kappa shape index (κ3) is 1.60. The lowest BCUT2D eigenvalue weighted by molar-refractivity contribution is 0.101. The maximum Gasteiger partial charge on any atom is 0.329 e. The lowest BCUT2D eigenvalue weighted by Gasteiger charge is -2.06. The molecule has 1 aromatic carbocycles. The van der Waals surface area contributed by atoms with E-state index in [0.717, 1.165) is 11.0 Å². The lowest BCUT2D eigenvalue weighted by atomic mass is 10.1. The second kappa shape index (κ2) is 3.87. The van der Waals surface area contributed by atoms with Gasteiger partial charge in [-0.3, -0.25) is 13.9 Å². The Morgan fingerprint density at radius 2 is 1.94 bits per heavy atom. The first-order valence-corrected chi connectivity index (χ1v) is 5.66. The Hall–Kier alpha value is -1.84. The van der Waals surface area contributed by atoms with Crippen LogP contribution < -0.4 is 5.69 Å². The van der Waals surface area contributed by atoms with E-state index in [4.69, 9.17) is 0 Å². The number of nitrogens with zero attached hydrogens (tertiary/aromatic N) is 2. The van der Waals surface area contributed by atoms with Crippen molar-refractivity contribution >= 4 is 16.8 Å². The van der Waals surface area contributed by atoms with Gasteiger partial charge in [-0.2, -0.15) is 0 Å². The van der Waals surface area contributed by atoms with Crippen LogP contribution in [0.5, 0.6) is 0 Å². The molecule has 0 radical (unpaired) electrons. The standard InChI is InChI=1S/C13H16N2O2/c1-8(2)15-11-7-5-6-10(9(3)16)12(11)14(4)13(15)17/h5-8H,1-4H3. The van der Waals surface area contributed by atoms with E-state index in [0.29, 0.717) is 5.56 Å². The van der Waals surface area contributed by atoms with E-state index in [9.17, 15) is 9.59 Å². The zero-order valence-corrected chi connectivity index (χ0v) is 10.5. The van der Waals surface area contributed by atoms with E-state index in [1.807, 2.05) is 26.0 Å². The van der Waals surface area contributed by atoms with Crippen LogP contribution in [0.1, 0.15) is 37.2 Å². The fraction of sp³-hybridized carbons (Fsp3) is 0.385. The van der Waals surface area contributed by atoms with Gasteiger partial charge in [-0.15, -0.1) is 0 Å². The van der Waals surface area contributed by atoms with Crippen molar-refractivity contribution in [1.29, 1.82) is 0 Å². The van der Waals surface area contributed by atoms with Gasteiger partial charge in [0.15, 0.2) is 5.78 Å². The molecule has 0 unspecified atom stereocenters. The highest BCUT2D eigenvalue weighted by atomic mass is 16.2. The van der Waals surface area contributed by atoms with Gasteiger partial charge in [0.2, 0.25) is 0 Å². The number of aryl methyl sites for hydroxylation is 1. The molecular formula is C13H16N2O2. The maximum atomic E-state index is 12.1. The van der Waals surface area contributed by atoms with Crippen LogP contribution in [0.15, 0.2) is 23.0 Å². The number of rotatable bonds is 2. The van der Waals surface area contributed by atoms with Crippen molar-refractivity contribution in [2.45, 2.75) is 26.8 Å². The Kier molecular flexibility index (Phi) is 2.65. The highest BCUT2D eigenvalue weighted by Crippen LogP contribution is 2.20. The quantitative estimate of drug-likeness (QED) is 0.744. The highest BCUT2D eigenvalue weighted by Gasteiger charge is 2.17. The third-order valence-electron chi connectivity index (χ3n) is 3.00. The molecule has 4 nitrogen and oxygen atoms in total. The molecule has 90 valence electrons. The molecule has 0 aliphatic rings. The van der Waals surface area contributed by atoms with Crippen LogP contribution in [0.2, 0.25) is 0 Å². The van der Waals surface area contributed by atoms with Crippen LogP contribution in [-0.4, -0.2) is 14.9 Å². The summed E-state index contributed by atoms with van der Waals surface area (Å²) in [6.45, 7) is 5.44. The Morgan fingerprint density at radius 1 is 1.29 bits per heavy atom. The Morgan fingerprint density at radius 3 is 2.47 bits per heavy atom. The summed E-state index contributed by atoms with van der Waals surface area (Å²) >= 11 is 0. The average Bonchev–Trinajstić information content (AvgIpc) is 2.51. The molecule has 0 N–H and O–H groups in total. The van der Waals surface area contributed by atoms with Crippen molar-refractivity contribution in [3.05, 3.63) is 34.2 Å². The lowest BCUT2D eigenvalue weighted by Crippen LogP contribution is -2.23. The SMILES string of the molecule is CC(=O)c1cccc2c1n(C)c(=O)n2C(C)C. The summed E-state index contributed by atoms with van der Waals surface area (Å²) in [5.74, 6) is -0.0212. The van der Waals surface area contributed by atoms with Gasteiger partial charge in [-0.1, -0.05) is 6.07 Å². The molecule has 0 atom stereocenters. The number of hydrogen-bond acceptors (Lipinski definition) is 2. The van der Waals surface area contributed by atoms with Crippen molar-refractivity contribution in [3.63, 3.8) is 0 Å². The zero-order chi connectivity index (χ0) is 12.7. The van der Waals surface area contributed by atoms with Gasteiger partial charge in [0.05, 0.1) is 11.0 Å². The van der Waals surface area contributed by atoms with Gasteiger partial charge >= 0.3 is 5.69 Å². The number of benzene rings is 1. The number of imidazole rings is 1. The minimum Gasteiger partial charge on any atom is -0.294 e. The molecule has 0 bridgehead atoms. The molecule has 0 fully saturated rings. The summed E-state index contributed by atoms with van der Waals surface area (Å²) in [5.41, 5.74) is 2.06. The van der Waals surface area contributed by atoms with Crippen LogP contribution in [0.4, 0.5) is 0 Å². The van der Waals surface area contributed by atoms with Crippen LogP contribution in [-0.2, 0) is 7.05 Å². The van der Waals surface area contributed by atoms with Gasteiger partial charge in [-0.05, 0) is 32.9 Å².